The number of anilines is 1. The molecule has 0 bridgehead atoms. The summed E-state index contributed by atoms with van der Waals surface area (Å²) in [7, 11) is 1.66. The summed E-state index contributed by atoms with van der Waals surface area (Å²) in [5.74, 6) is 1.84. The second-order valence-electron chi connectivity index (χ2n) is 5.06. The van der Waals surface area contributed by atoms with Gasteiger partial charge in [0.2, 0.25) is 0 Å². The van der Waals surface area contributed by atoms with Gasteiger partial charge in [-0.05, 0) is 41.8 Å². The van der Waals surface area contributed by atoms with Crippen molar-refractivity contribution in [3.05, 3.63) is 52.5 Å². The van der Waals surface area contributed by atoms with Crippen molar-refractivity contribution in [3.63, 3.8) is 0 Å². The number of hydrogen-bond donors (Lipinski definition) is 1. The Kier molecular flexibility index (Phi) is 4.20. The third-order valence-corrected chi connectivity index (χ3v) is 3.88. The molecule has 0 fully saturated rings. The van der Waals surface area contributed by atoms with E-state index in [1.165, 1.54) is 11.1 Å². The van der Waals surface area contributed by atoms with Crippen molar-refractivity contribution in [1.82, 2.24) is 0 Å². The molecule has 0 unspecified atom stereocenters. The Balaban J connectivity index is 1.62. The summed E-state index contributed by atoms with van der Waals surface area (Å²) in [4.78, 5) is 0. The molecule has 2 aromatic rings. The number of methoxy groups -OCH3 is 1. The highest BCUT2D eigenvalue weighted by molar-refractivity contribution is 6.30. The van der Waals surface area contributed by atoms with Crippen molar-refractivity contribution in [2.45, 2.75) is 12.8 Å². The Morgan fingerprint density at radius 3 is 3.00 bits per heavy atom. The minimum atomic E-state index is 0.702. The van der Waals surface area contributed by atoms with Gasteiger partial charge in [0, 0.05) is 18.0 Å². The highest BCUT2D eigenvalue weighted by Crippen LogP contribution is 2.28. The number of ether oxygens (including phenoxy) is 2. The number of fused-ring (bicyclic) bond motifs is 1. The molecule has 1 aliphatic heterocycles. The van der Waals surface area contributed by atoms with Crippen LogP contribution < -0.4 is 14.8 Å². The van der Waals surface area contributed by atoms with Gasteiger partial charge in [-0.25, -0.2) is 0 Å². The predicted octanol–water partition coefficient (Wildman–Crippen LogP) is 3.94. The lowest BCUT2D eigenvalue weighted by Gasteiger charge is -2.12. The van der Waals surface area contributed by atoms with E-state index in [9.17, 15) is 0 Å². The smallest absolute Gasteiger partial charge is 0.142 e. The van der Waals surface area contributed by atoms with Gasteiger partial charge >= 0.3 is 0 Å². The SMILES string of the molecule is COc1ccc(Cl)cc1NCCc1ccc2c(c1)CCO2. The van der Waals surface area contributed by atoms with Crippen LogP contribution in [0.5, 0.6) is 11.5 Å². The molecule has 0 spiro atoms. The highest BCUT2D eigenvalue weighted by atomic mass is 35.5. The van der Waals surface area contributed by atoms with Crippen LogP contribution in [0.2, 0.25) is 5.02 Å². The maximum Gasteiger partial charge on any atom is 0.142 e. The Morgan fingerprint density at radius 2 is 2.14 bits per heavy atom. The summed E-state index contributed by atoms with van der Waals surface area (Å²) < 4.78 is 10.8. The molecule has 0 atom stereocenters. The Hall–Kier alpha value is -1.87. The van der Waals surface area contributed by atoms with Crippen molar-refractivity contribution in [3.8, 4) is 11.5 Å². The van der Waals surface area contributed by atoms with Crippen molar-refractivity contribution in [1.29, 1.82) is 0 Å². The molecule has 1 N–H and O–H groups in total. The predicted molar refractivity (Wildman–Crippen MR) is 85.8 cm³/mol. The van der Waals surface area contributed by atoms with Crippen LogP contribution in [0.15, 0.2) is 36.4 Å². The largest absolute Gasteiger partial charge is 0.495 e. The monoisotopic (exact) mass is 303 g/mol. The van der Waals surface area contributed by atoms with E-state index in [1.807, 2.05) is 18.2 Å². The van der Waals surface area contributed by atoms with E-state index in [4.69, 9.17) is 21.1 Å². The average molecular weight is 304 g/mol. The number of nitrogens with one attached hydrogen (secondary N) is 1. The zero-order valence-electron chi connectivity index (χ0n) is 12.0. The van der Waals surface area contributed by atoms with Crippen LogP contribution in [0, 0.1) is 0 Å². The molecule has 0 radical (unpaired) electrons. The zero-order valence-corrected chi connectivity index (χ0v) is 12.7. The molecule has 0 amide bonds. The zero-order chi connectivity index (χ0) is 14.7. The average Bonchev–Trinajstić information content (AvgIpc) is 2.95. The molecular weight excluding hydrogens is 286 g/mol. The van der Waals surface area contributed by atoms with E-state index in [-0.39, 0.29) is 0 Å². The van der Waals surface area contributed by atoms with Crippen molar-refractivity contribution >= 4 is 17.3 Å². The summed E-state index contributed by atoms with van der Waals surface area (Å²) in [5, 5.41) is 4.08. The lowest BCUT2D eigenvalue weighted by Crippen LogP contribution is -2.06. The molecular formula is C17H18ClNO2. The van der Waals surface area contributed by atoms with Gasteiger partial charge in [0.1, 0.15) is 11.5 Å². The van der Waals surface area contributed by atoms with Gasteiger partial charge in [0.15, 0.2) is 0 Å². The van der Waals surface area contributed by atoms with E-state index in [1.54, 1.807) is 7.11 Å². The molecule has 0 aromatic heterocycles. The summed E-state index contributed by atoms with van der Waals surface area (Å²) in [6, 6.07) is 12.0. The summed E-state index contributed by atoms with van der Waals surface area (Å²) in [5.41, 5.74) is 3.55. The minimum absolute atomic E-state index is 0.702. The molecule has 21 heavy (non-hydrogen) atoms. The fraction of sp³-hybridized carbons (Fsp3) is 0.294. The van der Waals surface area contributed by atoms with Crippen LogP contribution in [-0.2, 0) is 12.8 Å². The van der Waals surface area contributed by atoms with E-state index in [0.29, 0.717) is 5.02 Å². The van der Waals surface area contributed by atoms with Crippen LogP contribution in [0.4, 0.5) is 5.69 Å². The normalized spacial score (nSPS) is 12.7. The Morgan fingerprint density at radius 1 is 1.24 bits per heavy atom. The summed E-state index contributed by atoms with van der Waals surface area (Å²) in [6.07, 6.45) is 1.96. The van der Waals surface area contributed by atoms with Crippen molar-refractivity contribution in [2.75, 3.05) is 25.6 Å². The third-order valence-electron chi connectivity index (χ3n) is 3.64. The first kappa shape index (κ1) is 14.1. The van der Waals surface area contributed by atoms with Gasteiger partial charge in [-0.15, -0.1) is 0 Å². The molecule has 3 nitrogen and oxygen atoms in total. The van der Waals surface area contributed by atoms with Gasteiger partial charge in [-0.1, -0.05) is 23.7 Å². The maximum absolute atomic E-state index is 6.02. The fourth-order valence-electron chi connectivity index (χ4n) is 2.56. The summed E-state index contributed by atoms with van der Waals surface area (Å²) in [6.45, 7) is 1.63. The van der Waals surface area contributed by atoms with Crippen LogP contribution in [0.1, 0.15) is 11.1 Å². The van der Waals surface area contributed by atoms with Gasteiger partial charge in [0.25, 0.3) is 0 Å². The van der Waals surface area contributed by atoms with Crippen LogP contribution in [-0.4, -0.2) is 20.3 Å². The molecule has 2 aromatic carbocycles. The van der Waals surface area contributed by atoms with E-state index >= 15 is 0 Å². The Bertz CT molecular complexity index is 643. The Labute approximate surface area is 129 Å². The number of halogens is 1. The second kappa shape index (κ2) is 6.27. The summed E-state index contributed by atoms with van der Waals surface area (Å²) >= 11 is 6.02. The number of hydrogen-bond acceptors (Lipinski definition) is 3. The minimum Gasteiger partial charge on any atom is -0.495 e. The lowest BCUT2D eigenvalue weighted by molar-refractivity contribution is 0.357. The highest BCUT2D eigenvalue weighted by Gasteiger charge is 2.11. The van der Waals surface area contributed by atoms with Gasteiger partial charge in [0.05, 0.1) is 19.4 Å². The molecule has 0 aliphatic carbocycles. The molecule has 1 heterocycles. The quantitative estimate of drug-likeness (QED) is 0.907. The third kappa shape index (κ3) is 3.24. The van der Waals surface area contributed by atoms with E-state index in [0.717, 1.165) is 43.2 Å². The molecule has 0 saturated carbocycles. The first-order valence-corrected chi connectivity index (χ1v) is 7.46. The van der Waals surface area contributed by atoms with E-state index < -0.39 is 0 Å². The number of rotatable bonds is 5. The second-order valence-corrected chi connectivity index (χ2v) is 5.50. The van der Waals surface area contributed by atoms with Gasteiger partial charge < -0.3 is 14.8 Å². The van der Waals surface area contributed by atoms with Crippen LogP contribution in [0.25, 0.3) is 0 Å². The first-order valence-electron chi connectivity index (χ1n) is 7.08. The lowest BCUT2D eigenvalue weighted by atomic mass is 10.1. The fourth-order valence-corrected chi connectivity index (χ4v) is 2.73. The molecule has 0 saturated heterocycles. The van der Waals surface area contributed by atoms with Crippen LogP contribution >= 0.6 is 11.6 Å². The maximum atomic E-state index is 6.02. The molecule has 110 valence electrons. The standard InChI is InChI=1S/C17H18ClNO2/c1-20-17-5-3-14(18)11-15(17)19-8-6-12-2-4-16-13(10-12)7-9-21-16/h2-5,10-11,19H,6-9H2,1H3. The molecule has 1 aliphatic rings. The van der Waals surface area contributed by atoms with Gasteiger partial charge in [-0.2, -0.15) is 0 Å². The van der Waals surface area contributed by atoms with E-state index in [2.05, 4.69) is 23.5 Å². The van der Waals surface area contributed by atoms with Crippen molar-refractivity contribution in [2.24, 2.45) is 0 Å². The first-order chi connectivity index (χ1) is 10.3. The molecule has 3 rings (SSSR count). The van der Waals surface area contributed by atoms with Gasteiger partial charge in [-0.3, -0.25) is 0 Å². The van der Waals surface area contributed by atoms with Crippen molar-refractivity contribution < 1.29 is 9.47 Å². The molecule has 4 heteroatoms. The topological polar surface area (TPSA) is 30.5 Å². The van der Waals surface area contributed by atoms with Crippen LogP contribution in [0.3, 0.4) is 0 Å². The number of benzene rings is 2.